The molecule has 0 bridgehead atoms. The highest BCUT2D eigenvalue weighted by atomic mass is 16.6. The zero-order chi connectivity index (χ0) is 13.1. The van der Waals surface area contributed by atoms with E-state index in [4.69, 9.17) is 4.74 Å². The summed E-state index contributed by atoms with van der Waals surface area (Å²) in [5, 5.41) is 22.1. The Balaban J connectivity index is 2.02. The van der Waals surface area contributed by atoms with Crippen LogP contribution in [0.25, 0.3) is 0 Å². The smallest absolute Gasteiger partial charge is 0.251 e. The number of ether oxygens (including phenoxy) is 1. The van der Waals surface area contributed by atoms with Crippen LogP contribution in [0, 0.1) is 0 Å². The monoisotopic (exact) mass is 251 g/mol. The molecule has 5 nitrogen and oxygen atoms in total. The van der Waals surface area contributed by atoms with E-state index in [0.29, 0.717) is 5.56 Å². The van der Waals surface area contributed by atoms with Gasteiger partial charge in [0.2, 0.25) is 0 Å². The maximum atomic E-state index is 11.9. The van der Waals surface area contributed by atoms with E-state index in [1.165, 1.54) is 0 Å². The van der Waals surface area contributed by atoms with Gasteiger partial charge in [-0.2, -0.15) is 0 Å². The molecule has 0 aliphatic carbocycles. The van der Waals surface area contributed by atoms with Gasteiger partial charge in [-0.1, -0.05) is 18.2 Å². The Hall–Kier alpha value is -1.43. The van der Waals surface area contributed by atoms with Crippen LogP contribution < -0.4 is 5.32 Å². The minimum Gasteiger partial charge on any atom is -0.388 e. The van der Waals surface area contributed by atoms with Crippen molar-refractivity contribution in [3.8, 4) is 0 Å². The van der Waals surface area contributed by atoms with Gasteiger partial charge >= 0.3 is 0 Å². The standard InChI is InChI=1S/C13H17NO4/c1-8-12(16)10(7-11(15)18-8)14-13(17)9-5-3-2-4-6-9/h2-6,8,10-12,15-16H,7H2,1H3,(H,14,17)/t8-,10+,11-,12-/m0/s1. The van der Waals surface area contributed by atoms with Crippen LogP contribution in [0.4, 0.5) is 0 Å². The summed E-state index contributed by atoms with van der Waals surface area (Å²) in [6, 6.07) is 8.25. The third kappa shape index (κ3) is 2.87. The number of hydrogen-bond donors (Lipinski definition) is 3. The molecule has 1 aliphatic rings. The van der Waals surface area contributed by atoms with Crippen LogP contribution in [0.3, 0.4) is 0 Å². The van der Waals surface area contributed by atoms with E-state index < -0.39 is 24.5 Å². The van der Waals surface area contributed by atoms with Gasteiger partial charge in [0.1, 0.15) is 6.10 Å². The van der Waals surface area contributed by atoms with Crippen LogP contribution in [0.5, 0.6) is 0 Å². The molecule has 0 aromatic heterocycles. The fourth-order valence-electron chi connectivity index (χ4n) is 2.05. The Bertz CT molecular complexity index is 409. The van der Waals surface area contributed by atoms with Crippen molar-refractivity contribution in [3.63, 3.8) is 0 Å². The predicted octanol–water partition coefficient (Wildman–Crippen LogP) is 0.273. The first kappa shape index (κ1) is 13.0. The Morgan fingerprint density at radius 1 is 1.33 bits per heavy atom. The Labute approximate surface area is 105 Å². The third-order valence-electron chi connectivity index (χ3n) is 3.07. The average molecular weight is 251 g/mol. The van der Waals surface area contributed by atoms with Crippen molar-refractivity contribution < 1.29 is 19.7 Å². The van der Waals surface area contributed by atoms with Crippen LogP contribution >= 0.6 is 0 Å². The van der Waals surface area contributed by atoms with Gasteiger partial charge in [-0.25, -0.2) is 0 Å². The zero-order valence-electron chi connectivity index (χ0n) is 10.1. The molecule has 0 spiro atoms. The summed E-state index contributed by atoms with van der Waals surface area (Å²) in [6.45, 7) is 1.66. The van der Waals surface area contributed by atoms with Crippen LogP contribution in [-0.2, 0) is 4.74 Å². The molecule has 1 aromatic carbocycles. The van der Waals surface area contributed by atoms with Crippen LogP contribution in [-0.4, -0.2) is 40.7 Å². The largest absolute Gasteiger partial charge is 0.388 e. The zero-order valence-corrected chi connectivity index (χ0v) is 10.1. The number of carbonyl (C=O) groups excluding carboxylic acids is 1. The lowest BCUT2D eigenvalue weighted by atomic mass is 9.99. The van der Waals surface area contributed by atoms with E-state index in [2.05, 4.69) is 5.32 Å². The molecule has 0 saturated carbocycles. The number of aliphatic hydroxyl groups excluding tert-OH is 2. The maximum Gasteiger partial charge on any atom is 0.251 e. The molecule has 1 aliphatic heterocycles. The summed E-state index contributed by atoms with van der Waals surface area (Å²) in [6.07, 6.45) is -2.09. The Kier molecular flexibility index (Phi) is 3.96. The lowest BCUT2D eigenvalue weighted by molar-refractivity contribution is -0.201. The molecule has 4 atom stereocenters. The van der Waals surface area contributed by atoms with E-state index in [0.717, 1.165) is 0 Å². The molecule has 1 saturated heterocycles. The second-order valence-electron chi connectivity index (χ2n) is 4.47. The number of carbonyl (C=O) groups is 1. The molecule has 1 fully saturated rings. The number of aliphatic hydroxyl groups is 2. The summed E-state index contributed by atoms with van der Waals surface area (Å²) >= 11 is 0. The van der Waals surface area contributed by atoms with E-state index in [9.17, 15) is 15.0 Å². The van der Waals surface area contributed by atoms with Crippen molar-refractivity contribution in [1.29, 1.82) is 0 Å². The first-order valence-electron chi connectivity index (χ1n) is 5.95. The van der Waals surface area contributed by atoms with Crippen molar-refractivity contribution >= 4 is 5.91 Å². The molecular formula is C13H17NO4. The van der Waals surface area contributed by atoms with Gasteiger partial charge in [0.05, 0.1) is 12.1 Å². The summed E-state index contributed by atoms with van der Waals surface area (Å²) in [4.78, 5) is 11.9. The topological polar surface area (TPSA) is 78.8 Å². The summed E-state index contributed by atoms with van der Waals surface area (Å²) in [5.74, 6) is -0.263. The number of amides is 1. The van der Waals surface area contributed by atoms with E-state index in [1.54, 1.807) is 31.2 Å². The molecule has 5 heteroatoms. The number of nitrogens with one attached hydrogen (secondary N) is 1. The molecule has 1 aromatic rings. The minimum absolute atomic E-state index is 0.185. The van der Waals surface area contributed by atoms with Crippen LogP contribution in [0.1, 0.15) is 23.7 Å². The van der Waals surface area contributed by atoms with Crippen molar-refractivity contribution in [3.05, 3.63) is 35.9 Å². The lowest BCUT2D eigenvalue weighted by Gasteiger charge is -2.36. The van der Waals surface area contributed by atoms with Gasteiger partial charge in [-0.05, 0) is 19.1 Å². The molecule has 0 radical (unpaired) electrons. The fourth-order valence-corrected chi connectivity index (χ4v) is 2.05. The number of rotatable bonds is 2. The second kappa shape index (κ2) is 5.48. The van der Waals surface area contributed by atoms with Gasteiger partial charge in [-0.3, -0.25) is 4.79 Å². The van der Waals surface area contributed by atoms with E-state index >= 15 is 0 Å². The van der Waals surface area contributed by atoms with Gasteiger partial charge in [0, 0.05) is 12.0 Å². The Morgan fingerprint density at radius 3 is 2.67 bits per heavy atom. The third-order valence-corrected chi connectivity index (χ3v) is 3.07. The van der Waals surface area contributed by atoms with E-state index in [-0.39, 0.29) is 12.3 Å². The summed E-state index contributed by atoms with van der Waals surface area (Å²) in [7, 11) is 0. The molecule has 1 heterocycles. The minimum atomic E-state index is -0.954. The van der Waals surface area contributed by atoms with Gasteiger partial charge in [-0.15, -0.1) is 0 Å². The second-order valence-corrected chi connectivity index (χ2v) is 4.47. The van der Waals surface area contributed by atoms with Gasteiger partial charge < -0.3 is 20.3 Å². The summed E-state index contributed by atoms with van der Waals surface area (Å²) in [5.41, 5.74) is 0.526. The van der Waals surface area contributed by atoms with Crippen molar-refractivity contribution in [2.75, 3.05) is 0 Å². The average Bonchev–Trinajstić information content (AvgIpc) is 2.36. The predicted molar refractivity (Wildman–Crippen MR) is 64.9 cm³/mol. The molecule has 98 valence electrons. The summed E-state index contributed by atoms with van der Waals surface area (Å²) < 4.78 is 5.07. The van der Waals surface area contributed by atoms with Crippen molar-refractivity contribution in [2.24, 2.45) is 0 Å². The number of benzene rings is 1. The fraction of sp³-hybridized carbons (Fsp3) is 0.462. The highest BCUT2D eigenvalue weighted by molar-refractivity contribution is 5.94. The Morgan fingerprint density at radius 2 is 2.00 bits per heavy atom. The van der Waals surface area contributed by atoms with Crippen LogP contribution in [0.2, 0.25) is 0 Å². The van der Waals surface area contributed by atoms with Crippen molar-refractivity contribution in [2.45, 2.75) is 37.9 Å². The lowest BCUT2D eigenvalue weighted by Crippen LogP contribution is -2.54. The first-order chi connectivity index (χ1) is 8.58. The van der Waals surface area contributed by atoms with Gasteiger partial charge in [0.25, 0.3) is 5.91 Å². The molecule has 18 heavy (non-hydrogen) atoms. The maximum absolute atomic E-state index is 11.9. The highest BCUT2D eigenvalue weighted by Crippen LogP contribution is 2.19. The van der Waals surface area contributed by atoms with E-state index in [1.807, 2.05) is 6.07 Å². The SMILES string of the molecule is C[C@@H]1O[C@H](O)C[C@@H](NC(=O)c2ccccc2)[C@H]1O. The highest BCUT2D eigenvalue weighted by Gasteiger charge is 2.35. The normalized spacial score (nSPS) is 31.9. The first-order valence-corrected chi connectivity index (χ1v) is 5.95. The molecule has 3 N–H and O–H groups in total. The molecule has 1 amide bonds. The van der Waals surface area contributed by atoms with Gasteiger partial charge in [0.15, 0.2) is 6.29 Å². The number of hydrogen-bond acceptors (Lipinski definition) is 4. The molecule has 2 rings (SSSR count). The molecule has 0 unspecified atom stereocenters. The molecular weight excluding hydrogens is 234 g/mol. The quantitative estimate of drug-likeness (QED) is 0.705. The van der Waals surface area contributed by atoms with Crippen LogP contribution in [0.15, 0.2) is 30.3 Å². The van der Waals surface area contributed by atoms with Crippen molar-refractivity contribution in [1.82, 2.24) is 5.32 Å².